The summed E-state index contributed by atoms with van der Waals surface area (Å²) in [4.78, 5) is 4.66. The van der Waals surface area contributed by atoms with Crippen LogP contribution >= 0.6 is 0 Å². The monoisotopic (exact) mass is 244 g/mol. The van der Waals surface area contributed by atoms with Gasteiger partial charge in [0.05, 0.1) is 13.2 Å². The third-order valence-corrected chi connectivity index (χ3v) is 3.93. The number of aliphatic hydroxyl groups excluding tert-OH is 2. The van der Waals surface area contributed by atoms with Crippen molar-refractivity contribution in [1.82, 2.24) is 9.80 Å². The van der Waals surface area contributed by atoms with Gasteiger partial charge >= 0.3 is 0 Å². The van der Waals surface area contributed by atoms with Gasteiger partial charge < -0.3 is 20.0 Å². The van der Waals surface area contributed by atoms with E-state index in [0.29, 0.717) is 6.04 Å². The molecule has 1 heterocycles. The summed E-state index contributed by atoms with van der Waals surface area (Å²) >= 11 is 0. The number of hydrogen-bond acceptors (Lipinski definition) is 4. The molecule has 0 radical (unpaired) electrons. The average Bonchev–Trinajstić information content (AvgIpc) is 2.72. The van der Waals surface area contributed by atoms with Gasteiger partial charge in [0.15, 0.2) is 0 Å². The van der Waals surface area contributed by atoms with E-state index in [1.165, 1.54) is 25.8 Å². The number of likely N-dealkylation sites (tertiary alicyclic amines) is 1. The molecule has 1 fully saturated rings. The maximum absolute atomic E-state index is 9.26. The Hall–Kier alpha value is -0.160. The Bertz CT molecular complexity index is 219. The van der Waals surface area contributed by atoms with E-state index in [2.05, 4.69) is 23.9 Å². The minimum atomic E-state index is -0.379. The molecule has 0 aliphatic carbocycles. The summed E-state index contributed by atoms with van der Waals surface area (Å²) in [5.41, 5.74) is -0.379. The zero-order valence-corrected chi connectivity index (χ0v) is 11.5. The molecule has 0 amide bonds. The molecule has 0 bridgehead atoms. The van der Waals surface area contributed by atoms with Crippen LogP contribution in [0.15, 0.2) is 0 Å². The van der Waals surface area contributed by atoms with E-state index < -0.39 is 0 Å². The maximum Gasteiger partial charge on any atom is 0.0519 e. The first-order valence-electron chi connectivity index (χ1n) is 6.61. The first-order valence-corrected chi connectivity index (χ1v) is 6.61. The molecule has 1 unspecified atom stereocenters. The van der Waals surface area contributed by atoms with Gasteiger partial charge in [-0.05, 0) is 46.4 Å². The van der Waals surface area contributed by atoms with E-state index in [-0.39, 0.29) is 18.6 Å². The van der Waals surface area contributed by atoms with Gasteiger partial charge in [-0.1, -0.05) is 6.92 Å². The molecule has 17 heavy (non-hydrogen) atoms. The quantitative estimate of drug-likeness (QED) is 0.680. The van der Waals surface area contributed by atoms with Crippen LogP contribution in [0.4, 0.5) is 0 Å². The Morgan fingerprint density at radius 3 is 2.47 bits per heavy atom. The van der Waals surface area contributed by atoms with Crippen LogP contribution in [-0.2, 0) is 0 Å². The molecule has 2 N–H and O–H groups in total. The Labute approximate surface area is 105 Å². The minimum Gasteiger partial charge on any atom is -0.396 e. The van der Waals surface area contributed by atoms with Crippen molar-refractivity contribution in [3.8, 4) is 0 Å². The van der Waals surface area contributed by atoms with E-state index in [0.717, 1.165) is 13.1 Å². The second-order valence-electron chi connectivity index (χ2n) is 5.93. The van der Waals surface area contributed by atoms with Crippen LogP contribution in [0.2, 0.25) is 0 Å². The second-order valence-corrected chi connectivity index (χ2v) is 5.93. The molecular weight excluding hydrogens is 216 g/mol. The van der Waals surface area contributed by atoms with Crippen LogP contribution in [0.25, 0.3) is 0 Å². The lowest BCUT2D eigenvalue weighted by Crippen LogP contribution is -2.40. The van der Waals surface area contributed by atoms with Crippen molar-refractivity contribution < 1.29 is 10.2 Å². The highest BCUT2D eigenvalue weighted by Crippen LogP contribution is 2.19. The Balaban J connectivity index is 2.27. The number of nitrogens with zero attached hydrogens (tertiary/aromatic N) is 2. The lowest BCUT2D eigenvalue weighted by Gasteiger charge is -2.31. The second kappa shape index (κ2) is 6.69. The first kappa shape index (κ1) is 14.9. The smallest absolute Gasteiger partial charge is 0.0519 e. The van der Waals surface area contributed by atoms with Crippen molar-refractivity contribution in [3.05, 3.63) is 0 Å². The first-order chi connectivity index (χ1) is 8.00. The summed E-state index contributed by atoms with van der Waals surface area (Å²) in [5.74, 6) is 0. The molecule has 1 aliphatic heterocycles. The van der Waals surface area contributed by atoms with E-state index in [4.69, 9.17) is 0 Å². The van der Waals surface area contributed by atoms with Crippen LogP contribution in [0, 0.1) is 5.41 Å². The van der Waals surface area contributed by atoms with Crippen molar-refractivity contribution in [2.75, 3.05) is 46.9 Å². The van der Waals surface area contributed by atoms with Crippen molar-refractivity contribution in [1.29, 1.82) is 0 Å². The van der Waals surface area contributed by atoms with Gasteiger partial charge in [-0.15, -0.1) is 0 Å². The molecule has 1 atom stereocenters. The maximum atomic E-state index is 9.26. The van der Waals surface area contributed by atoms with Gasteiger partial charge in [-0.25, -0.2) is 0 Å². The van der Waals surface area contributed by atoms with Crippen LogP contribution in [0.3, 0.4) is 0 Å². The molecule has 0 aromatic carbocycles. The van der Waals surface area contributed by atoms with Crippen molar-refractivity contribution in [2.24, 2.45) is 5.41 Å². The standard InChI is InChI=1S/C13H28N2O2/c1-13(10-16,11-17)9-14(2)8-6-12-5-4-7-15(12)3/h12,16-17H,4-11H2,1-3H3. The van der Waals surface area contributed by atoms with E-state index in [1.807, 2.05) is 6.92 Å². The number of rotatable bonds is 7. The third-order valence-electron chi connectivity index (χ3n) is 3.93. The molecule has 4 nitrogen and oxygen atoms in total. The number of hydrogen-bond donors (Lipinski definition) is 2. The van der Waals surface area contributed by atoms with E-state index >= 15 is 0 Å². The highest BCUT2D eigenvalue weighted by molar-refractivity contribution is 4.79. The molecule has 1 saturated heterocycles. The SMILES string of the molecule is CN(CCC1CCCN1C)CC(C)(CO)CO. The third kappa shape index (κ3) is 4.54. The van der Waals surface area contributed by atoms with Crippen molar-refractivity contribution >= 4 is 0 Å². The van der Waals surface area contributed by atoms with Gasteiger partial charge in [0.2, 0.25) is 0 Å². The minimum absolute atomic E-state index is 0.0389. The van der Waals surface area contributed by atoms with Gasteiger partial charge in [0, 0.05) is 18.0 Å². The molecule has 1 aliphatic rings. The zero-order valence-electron chi connectivity index (χ0n) is 11.5. The lowest BCUT2D eigenvalue weighted by molar-refractivity contribution is 0.0404. The fourth-order valence-corrected chi connectivity index (χ4v) is 2.59. The summed E-state index contributed by atoms with van der Waals surface area (Å²) in [6.45, 7) is 5.00. The highest BCUT2D eigenvalue weighted by atomic mass is 16.3. The zero-order chi connectivity index (χ0) is 12.9. The molecule has 0 spiro atoms. The molecule has 1 rings (SSSR count). The average molecular weight is 244 g/mol. The Morgan fingerprint density at radius 2 is 2.00 bits per heavy atom. The van der Waals surface area contributed by atoms with Crippen LogP contribution < -0.4 is 0 Å². The summed E-state index contributed by atoms with van der Waals surface area (Å²) in [6, 6.07) is 0.715. The Morgan fingerprint density at radius 1 is 1.35 bits per heavy atom. The van der Waals surface area contributed by atoms with Crippen LogP contribution in [-0.4, -0.2) is 73.0 Å². The highest BCUT2D eigenvalue weighted by Gasteiger charge is 2.25. The largest absolute Gasteiger partial charge is 0.396 e. The van der Waals surface area contributed by atoms with Crippen molar-refractivity contribution in [3.63, 3.8) is 0 Å². The summed E-state index contributed by atoms with van der Waals surface area (Å²) in [6.07, 6.45) is 3.80. The van der Waals surface area contributed by atoms with E-state index in [1.54, 1.807) is 0 Å². The van der Waals surface area contributed by atoms with Crippen LogP contribution in [0.1, 0.15) is 26.2 Å². The van der Waals surface area contributed by atoms with E-state index in [9.17, 15) is 10.2 Å². The normalized spacial score (nSPS) is 22.6. The predicted molar refractivity (Wildman–Crippen MR) is 70.0 cm³/mol. The molecule has 0 aromatic heterocycles. The van der Waals surface area contributed by atoms with Crippen LogP contribution in [0.5, 0.6) is 0 Å². The van der Waals surface area contributed by atoms with Gasteiger partial charge in [-0.3, -0.25) is 0 Å². The molecule has 0 aromatic rings. The van der Waals surface area contributed by atoms with Crippen molar-refractivity contribution in [2.45, 2.75) is 32.2 Å². The lowest BCUT2D eigenvalue weighted by atomic mass is 9.92. The summed E-state index contributed by atoms with van der Waals surface area (Å²) in [5, 5.41) is 18.5. The van der Waals surface area contributed by atoms with Gasteiger partial charge in [0.1, 0.15) is 0 Å². The van der Waals surface area contributed by atoms with Gasteiger partial charge in [-0.2, -0.15) is 0 Å². The Kier molecular flexibility index (Phi) is 5.86. The topological polar surface area (TPSA) is 46.9 Å². The van der Waals surface area contributed by atoms with Gasteiger partial charge in [0.25, 0.3) is 0 Å². The molecule has 0 saturated carbocycles. The fraction of sp³-hybridized carbons (Fsp3) is 1.00. The fourth-order valence-electron chi connectivity index (χ4n) is 2.59. The predicted octanol–water partition coefficient (Wildman–Crippen LogP) is 0.393. The molecule has 102 valence electrons. The number of aliphatic hydroxyl groups is 2. The molecular formula is C13H28N2O2. The molecule has 4 heteroatoms. The summed E-state index contributed by atoms with van der Waals surface area (Å²) < 4.78 is 0. The summed E-state index contributed by atoms with van der Waals surface area (Å²) in [7, 11) is 4.27.